The summed E-state index contributed by atoms with van der Waals surface area (Å²) in [7, 11) is 0. The molecular formula is C13H16ClFO3. The van der Waals surface area contributed by atoms with Gasteiger partial charge in [0, 0.05) is 0 Å². The molecule has 1 rings (SSSR count). The highest BCUT2D eigenvalue weighted by atomic mass is 35.5. The van der Waals surface area contributed by atoms with Gasteiger partial charge in [0.15, 0.2) is 0 Å². The Kier molecular flexibility index (Phi) is 4.71. The minimum absolute atomic E-state index is 0.0915. The standard InChI is InChI=1S/C13H16ClFO3/c1-4-18-12(17)13(2,3)11(16)8-5-6-10(15)9(14)7-8/h5-7,11,16H,4H2,1-3H3. The Hall–Kier alpha value is -1.13. The predicted octanol–water partition coefficient (Wildman–Crippen LogP) is 3.10. The van der Waals surface area contributed by atoms with Crippen molar-refractivity contribution in [2.24, 2.45) is 5.41 Å². The normalized spacial score (nSPS) is 13.2. The summed E-state index contributed by atoms with van der Waals surface area (Å²) in [5.41, 5.74) is -0.753. The topological polar surface area (TPSA) is 46.5 Å². The van der Waals surface area contributed by atoms with E-state index in [1.807, 2.05) is 0 Å². The van der Waals surface area contributed by atoms with Crippen molar-refractivity contribution in [3.8, 4) is 0 Å². The van der Waals surface area contributed by atoms with Gasteiger partial charge in [-0.1, -0.05) is 17.7 Å². The molecule has 0 fully saturated rings. The number of benzene rings is 1. The van der Waals surface area contributed by atoms with Crippen LogP contribution < -0.4 is 0 Å². The number of hydrogen-bond acceptors (Lipinski definition) is 3. The molecule has 0 aliphatic carbocycles. The van der Waals surface area contributed by atoms with E-state index in [0.717, 1.165) is 6.07 Å². The van der Waals surface area contributed by atoms with E-state index in [2.05, 4.69) is 0 Å². The molecule has 0 radical (unpaired) electrons. The van der Waals surface area contributed by atoms with Crippen LogP contribution in [0.1, 0.15) is 32.4 Å². The van der Waals surface area contributed by atoms with Crippen LogP contribution >= 0.6 is 11.6 Å². The molecule has 1 atom stereocenters. The highest BCUT2D eigenvalue weighted by molar-refractivity contribution is 6.30. The van der Waals surface area contributed by atoms with Crippen LogP contribution in [0.15, 0.2) is 18.2 Å². The van der Waals surface area contributed by atoms with Crippen LogP contribution in [0.5, 0.6) is 0 Å². The number of aliphatic hydroxyl groups is 1. The van der Waals surface area contributed by atoms with Gasteiger partial charge in [0.1, 0.15) is 5.82 Å². The van der Waals surface area contributed by atoms with Crippen LogP contribution in [0.2, 0.25) is 5.02 Å². The number of carbonyl (C=O) groups is 1. The minimum atomic E-state index is -1.13. The van der Waals surface area contributed by atoms with Crippen LogP contribution in [0.25, 0.3) is 0 Å². The lowest BCUT2D eigenvalue weighted by atomic mass is 9.82. The summed E-state index contributed by atoms with van der Waals surface area (Å²) in [6.07, 6.45) is -1.12. The summed E-state index contributed by atoms with van der Waals surface area (Å²) < 4.78 is 17.9. The average Bonchev–Trinajstić information content (AvgIpc) is 2.32. The van der Waals surface area contributed by atoms with Crippen molar-refractivity contribution >= 4 is 17.6 Å². The van der Waals surface area contributed by atoms with E-state index >= 15 is 0 Å². The third-order valence-electron chi connectivity index (χ3n) is 2.74. The molecule has 3 nitrogen and oxygen atoms in total. The summed E-state index contributed by atoms with van der Waals surface area (Å²) >= 11 is 5.65. The minimum Gasteiger partial charge on any atom is -0.465 e. The van der Waals surface area contributed by atoms with Gasteiger partial charge in [-0.2, -0.15) is 0 Å². The largest absolute Gasteiger partial charge is 0.465 e. The van der Waals surface area contributed by atoms with E-state index in [-0.39, 0.29) is 11.6 Å². The maximum Gasteiger partial charge on any atom is 0.314 e. The Labute approximate surface area is 111 Å². The first-order chi connectivity index (χ1) is 8.30. The van der Waals surface area contributed by atoms with Gasteiger partial charge >= 0.3 is 5.97 Å². The lowest BCUT2D eigenvalue weighted by molar-refractivity contribution is -0.160. The Morgan fingerprint density at radius 1 is 1.56 bits per heavy atom. The molecule has 1 aromatic rings. The lowest BCUT2D eigenvalue weighted by Crippen LogP contribution is -2.33. The molecule has 1 N–H and O–H groups in total. The second kappa shape index (κ2) is 5.67. The number of carbonyl (C=O) groups excluding carboxylic acids is 1. The van der Waals surface area contributed by atoms with Crippen molar-refractivity contribution in [3.63, 3.8) is 0 Å². The van der Waals surface area contributed by atoms with Crippen molar-refractivity contribution in [2.45, 2.75) is 26.9 Å². The second-order valence-corrected chi connectivity index (χ2v) is 4.93. The number of halogens is 2. The molecule has 0 saturated heterocycles. The molecule has 0 saturated carbocycles. The van der Waals surface area contributed by atoms with Gasteiger partial charge in [-0.3, -0.25) is 4.79 Å². The van der Waals surface area contributed by atoms with Crippen LogP contribution in [0.3, 0.4) is 0 Å². The maximum atomic E-state index is 13.0. The van der Waals surface area contributed by atoms with Gasteiger partial charge in [0.25, 0.3) is 0 Å². The van der Waals surface area contributed by atoms with Gasteiger partial charge in [-0.25, -0.2) is 4.39 Å². The quantitative estimate of drug-likeness (QED) is 0.858. The van der Waals surface area contributed by atoms with Gasteiger partial charge in [-0.05, 0) is 38.5 Å². The van der Waals surface area contributed by atoms with Crippen LogP contribution in [-0.4, -0.2) is 17.7 Å². The van der Waals surface area contributed by atoms with Gasteiger partial charge in [-0.15, -0.1) is 0 Å². The summed E-state index contributed by atoms with van der Waals surface area (Å²) in [4.78, 5) is 11.7. The zero-order chi connectivity index (χ0) is 13.9. The Balaban J connectivity index is 3.01. The fraction of sp³-hybridized carbons (Fsp3) is 0.462. The summed E-state index contributed by atoms with van der Waals surface area (Å²) in [5, 5.41) is 10.1. The zero-order valence-electron chi connectivity index (χ0n) is 10.5. The van der Waals surface area contributed by atoms with E-state index in [0.29, 0.717) is 5.56 Å². The molecule has 5 heteroatoms. The molecule has 0 heterocycles. The number of esters is 1. The third kappa shape index (κ3) is 3.00. The molecule has 0 aromatic heterocycles. The monoisotopic (exact) mass is 274 g/mol. The van der Waals surface area contributed by atoms with Crippen LogP contribution in [0, 0.1) is 11.2 Å². The summed E-state index contributed by atoms with van der Waals surface area (Å²) in [6.45, 7) is 5.05. The first-order valence-electron chi connectivity index (χ1n) is 5.61. The van der Waals surface area contributed by atoms with E-state index < -0.39 is 23.3 Å². The van der Waals surface area contributed by atoms with E-state index in [1.54, 1.807) is 20.8 Å². The maximum absolute atomic E-state index is 13.0. The van der Waals surface area contributed by atoms with Crippen molar-refractivity contribution in [2.75, 3.05) is 6.61 Å². The summed E-state index contributed by atoms with van der Waals surface area (Å²) in [6, 6.07) is 3.86. The first kappa shape index (κ1) is 14.9. The molecule has 0 amide bonds. The fourth-order valence-corrected chi connectivity index (χ4v) is 1.72. The predicted molar refractivity (Wildman–Crippen MR) is 66.8 cm³/mol. The van der Waals surface area contributed by atoms with E-state index in [9.17, 15) is 14.3 Å². The highest BCUT2D eigenvalue weighted by Crippen LogP contribution is 2.35. The van der Waals surface area contributed by atoms with Crippen molar-refractivity contribution < 1.29 is 19.0 Å². The highest BCUT2D eigenvalue weighted by Gasteiger charge is 2.38. The number of ether oxygens (including phenoxy) is 1. The SMILES string of the molecule is CCOC(=O)C(C)(C)C(O)c1ccc(F)c(Cl)c1. The molecule has 0 aliphatic rings. The molecule has 1 aromatic carbocycles. The van der Waals surface area contributed by atoms with Crippen molar-refractivity contribution in [1.29, 1.82) is 0 Å². The van der Waals surface area contributed by atoms with Crippen molar-refractivity contribution in [3.05, 3.63) is 34.6 Å². The summed E-state index contributed by atoms with van der Waals surface area (Å²) in [5.74, 6) is -1.08. The molecule has 0 spiro atoms. The lowest BCUT2D eigenvalue weighted by Gasteiger charge is -2.28. The smallest absolute Gasteiger partial charge is 0.314 e. The molecule has 1 unspecified atom stereocenters. The van der Waals surface area contributed by atoms with Gasteiger partial charge in [0.2, 0.25) is 0 Å². The third-order valence-corrected chi connectivity index (χ3v) is 3.03. The zero-order valence-corrected chi connectivity index (χ0v) is 11.3. The Bertz CT molecular complexity index is 446. The average molecular weight is 275 g/mol. The number of aliphatic hydroxyl groups excluding tert-OH is 1. The molecule has 0 aliphatic heterocycles. The molecule has 18 heavy (non-hydrogen) atoms. The van der Waals surface area contributed by atoms with E-state index in [1.165, 1.54) is 12.1 Å². The molecule has 0 bridgehead atoms. The molecular weight excluding hydrogens is 259 g/mol. The Morgan fingerprint density at radius 3 is 2.67 bits per heavy atom. The van der Waals surface area contributed by atoms with Gasteiger partial charge in [0.05, 0.1) is 23.1 Å². The number of rotatable bonds is 4. The first-order valence-corrected chi connectivity index (χ1v) is 5.98. The van der Waals surface area contributed by atoms with Crippen LogP contribution in [-0.2, 0) is 9.53 Å². The second-order valence-electron chi connectivity index (χ2n) is 4.52. The van der Waals surface area contributed by atoms with E-state index in [4.69, 9.17) is 16.3 Å². The fourth-order valence-electron chi connectivity index (χ4n) is 1.53. The number of hydrogen-bond donors (Lipinski definition) is 1. The Morgan fingerprint density at radius 2 is 2.17 bits per heavy atom. The van der Waals surface area contributed by atoms with Gasteiger partial charge < -0.3 is 9.84 Å². The van der Waals surface area contributed by atoms with Crippen LogP contribution in [0.4, 0.5) is 4.39 Å². The molecule has 100 valence electrons. The van der Waals surface area contributed by atoms with Crippen molar-refractivity contribution in [1.82, 2.24) is 0 Å².